The van der Waals surface area contributed by atoms with E-state index in [0.717, 1.165) is 4.60 Å². The van der Waals surface area contributed by atoms with Crippen molar-refractivity contribution in [1.82, 2.24) is 4.57 Å². The van der Waals surface area contributed by atoms with Gasteiger partial charge in [0.05, 0.1) is 5.56 Å². The quantitative estimate of drug-likeness (QED) is 0.684. The fourth-order valence-corrected chi connectivity index (χ4v) is 1.08. The lowest BCUT2D eigenvalue weighted by atomic mass is 10.4. The minimum absolute atomic E-state index is 0.569. The van der Waals surface area contributed by atoms with Gasteiger partial charge in [-0.3, -0.25) is 0 Å². The van der Waals surface area contributed by atoms with E-state index in [-0.39, 0.29) is 0 Å². The molecule has 0 aromatic carbocycles. The molecule has 2 N–H and O–H groups in total. The molecule has 0 aliphatic rings. The molecule has 1 aromatic heterocycles. The fraction of sp³-hybridized carbons (Fsp3) is 0.167. The van der Waals surface area contributed by atoms with Crippen molar-refractivity contribution in [2.24, 2.45) is 7.05 Å². The Bertz CT molecular complexity index is 295. The first kappa shape index (κ1) is 7.16. The molecule has 1 aromatic rings. The zero-order valence-corrected chi connectivity index (χ0v) is 7.01. The number of nitrogen functional groups attached to an aromatic ring is 1. The summed E-state index contributed by atoms with van der Waals surface area (Å²) in [4.78, 5) is 0. The van der Waals surface area contributed by atoms with Gasteiger partial charge >= 0.3 is 0 Å². The summed E-state index contributed by atoms with van der Waals surface area (Å²) in [6, 6.07) is 3.64. The topological polar surface area (TPSA) is 54.7 Å². The molecule has 0 saturated heterocycles. The fourth-order valence-electron chi connectivity index (χ4n) is 0.677. The maximum atomic E-state index is 8.51. The summed E-state index contributed by atoms with van der Waals surface area (Å²) in [6.45, 7) is 0. The average Bonchev–Trinajstić information content (AvgIpc) is 2.17. The highest BCUT2D eigenvalue weighted by Gasteiger charge is 2.05. The number of nitriles is 1. The van der Waals surface area contributed by atoms with Crippen LogP contribution in [0.4, 0.5) is 5.82 Å². The molecule has 4 heteroatoms. The number of hydrogen-bond acceptors (Lipinski definition) is 2. The molecule has 0 aliphatic heterocycles. The third-order valence-electron chi connectivity index (χ3n) is 1.32. The van der Waals surface area contributed by atoms with Crippen molar-refractivity contribution in [3.05, 3.63) is 16.2 Å². The molecule has 0 radical (unpaired) electrons. The van der Waals surface area contributed by atoms with E-state index in [1.807, 2.05) is 6.07 Å². The molecule has 0 aliphatic carbocycles. The van der Waals surface area contributed by atoms with Gasteiger partial charge in [-0.15, -0.1) is 0 Å². The van der Waals surface area contributed by atoms with Gasteiger partial charge in [0.15, 0.2) is 0 Å². The average molecular weight is 200 g/mol. The maximum absolute atomic E-state index is 8.51. The Morgan fingerprint density at radius 3 is 2.60 bits per heavy atom. The number of nitrogens with zero attached hydrogens (tertiary/aromatic N) is 2. The summed E-state index contributed by atoms with van der Waals surface area (Å²) in [5.74, 6) is 0.587. The van der Waals surface area contributed by atoms with E-state index in [1.54, 1.807) is 17.7 Å². The number of hydrogen-bond donors (Lipinski definition) is 1. The van der Waals surface area contributed by atoms with Gasteiger partial charge in [0.25, 0.3) is 0 Å². The first-order valence-electron chi connectivity index (χ1n) is 2.67. The normalized spacial score (nSPS) is 9.30. The third-order valence-corrected chi connectivity index (χ3v) is 2.28. The van der Waals surface area contributed by atoms with Crippen molar-refractivity contribution < 1.29 is 0 Å². The van der Waals surface area contributed by atoms with Crippen LogP contribution in [-0.4, -0.2) is 4.57 Å². The van der Waals surface area contributed by atoms with Crippen molar-refractivity contribution in [3.63, 3.8) is 0 Å². The minimum Gasteiger partial charge on any atom is -0.385 e. The summed E-state index contributed by atoms with van der Waals surface area (Å²) in [5.41, 5.74) is 6.07. The van der Waals surface area contributed by atoms with Crippen LogP contribution in [0.15, 0.2) is 10.7 Å². The second kappa shape index (κ2) is 2.35. The zero-order chi connectivity index (χ0) is 7.72. The Morgan fingerprint density at radius 1 is 1.80 bits per heavy atom. The number of anilines is 1. The minimum atomic E-state index is 0.569. The molecule has 10 heavy (non-hydrogen) atoms. The molecule has 0 spiro atoms. The van der Waals surface area contributed by atoms with Gasteiger partial charge in [-0.2, -0.15) is 5.26 Å². The van der Waals surface area contributed by atoms with Crippen LogP contribution in [0.1, 0.15) is 5.56 Å². The summed E-state index contributed by atoms with van der Waals surface area (Å²) < 4.78 is 2.44. The predicted octanol–water partition coefficient (Wildman–Crippen LogP) is 1.24. The zero-order valence-electron chi connectivity index (χ0n) is 5.43. The Labute approximate surface area is 67.2 Å². The predicted molar refractivity (Wildman–Crippen MR) is 42.2 cm³/mol. The molecule has 0 atom stereocenters. The molecule has 3 nitrogen and oxygen atoms in total. The second-order valence-electron chi connectivity index (χ2n) is 1.94. The largest absolute Gasteiger partial charge is 0.385 e. The molecule has 52 valence electrons. The lowest BCUT2D eigenvalue weighted by Gasteiger charge is -1.94. The molecule has 0 unspecified atom stereocenters. The van der Waals surface area contributed by atoms with Crippen LogP contribution in [0.25, 0.3) is 0 Å². The summed E-state index contributed by atoms with van der Waals surface area (Å²) in [6.07, 6.45) is 0. The van der Waals surface area contributed by atoms with E-state index in [9.17, 15) is 0 Å². The van der Waals surface area contributed by atoms with Gasteiger partial charge < -0.3 is 10.3 Å². The van der Waals surface area contributed by atoms with E-state index in [2.05, 4.69) is 15.9 Å². The van der Waals surface area contributed by atoms with Crippen LogP contribution >= 0.6 is 15.9 Å². The Hall–Kier alpha value is -0.950. The number of rotatable bonds is 0. The smallest absolute Gasteiger partial charge is 0.105 e. The third kappa shape index (κ3) is 0.888. The van der Waals surface area contributed by atoms with Crippen LogP contribution in [0.2, 0.25) is 0 Å². The lowest BCUT2D eigenvalue weighted by Crippen LogP contribution is -1.94. The van der Waals surface area contributed by atoms with E-state index < -0.39 is 0 Å². The molecule has 0 saturated carbocycles. The van der Waals surface area contributed by atoms with Gasteiger partial charge in [0, 0.05) is 7.05 Å². The molecule has 0 fully saturated rings. The first-order valence-corrected chi connectivity index (χ1v) is 3.47. The van der Waals surface area contributed by atoms with E-state index >= 15 is 0 Å². The summed E-state index contributed by atoms with van der Waals surface area (Å²) >= 11 is 3.22. The highest BCUT2D eigenvalue weighted by Crippen LogP contribution is 2.20. The molecule has 0 bridgehead atoms. The van der Waals surface area contributed by atoms with Crippen LogP contribution in [0.5, 0.6) is 0 Å². The van der Waals surface area contributed by atoms with Gasteiger partial charge in [0.2, 0.25) is 0 Å². The summed E-state index contributed by atoms with van der Waals surface area (Å²) in [7, 11) is 1.79. The maximum Gasteiger partial charge on any atom is 0.105 e. The number of halogens is 1. The van der Waals surface area contributed by atoms with Gasteiger partial charge in [-0.25, -0.2) is 0 Å². The van der Waals surface area contributed by atoms with Crippen LogP contribution in [0, 0.1) is 11.3 Å². The summed E-state index contributed by atoms with van der Waals surface area (Å²) in [5, 5.41) is 8.51. The van der Waals surface area contributed by atoms with Crippen LogP contribution < -0.4 is 5.73 Å². The molecule has 1 heterocycles. The van der Waals surface area contributed by atoms with E-state index in [4.69, 9.17) is 11.0 Å². The van der Waals surface area contributed by atoms with E-state index in [1.165, 1.54) is 0 Å². The Morgan fingerprint density at radius 2 is 2.40 bits per heavy atom. The molecule has 1 rings (SSSR count). The SMILES string of the molecule is Cn1c(N)cc(C#N)c1Br. The lowest BCUT2D eigenvalue weighted by molar-refractivity contribution is 0.913. The van der Waals surface area contributed by atoms with E-state index in [0.29, 0.717) is 11.4 Å². The highest BCUT2D eigenvalue weighted by molar-refractivity contribution is 9.10. The highest BCUT2D eigenvalue weighted by atomic mass is 79.9. The van der Waals surface area contributed by atoms with Crippen LogP contribution in [0.3, 0.4) is 0 Å². The first-order chi connectivity index (χ1) is 4.66. The van der Waals surface area contributed by atoms with Crippen molar-refractivity contribution in [2.45, 2.75) is 0 Å². The van der Waals surface area contributed by atoms with Crippen LogP contribution in [-0.2, 0) is 7.05 Å². The van der Waals surface area contributed by atoms with Crippen molar-refractivity contribution >= 4 is 21.7 Å². The van der Waals surface area contributed by atoms with Crippen molar-refractivity contribution in [2.75, 3.05) is 5.73 Å². The number of aromatic nitrogens is 1. The second-order valence-corrected chi connectivity index (χ2v) is 2.70. The van der Waals surface area contributed by atoms with Gasteiger partial charge in [-0.1, -0.05) is 0 Å². The Balaban J connectivity index is 3.34. The standard InChI is InChI=1S/C6H6BrN3/c1-10-5(9)2-4(3-8)6(10)7/h2H,9H2,1H3. The monoisotopic (exact) mass is 199 g/mol. The van der Waals surface area contributed by atoms with Gasteiger partial charge in [0.1, 0.15) is 16.5 Å². The number of nitrogens with two attached hydrogens (primary N) is 1. The van der Waals surface area contributed by atoms with Gasteiger partial charge in [-0.05, 0) is 22.0 Å². The Kier molecular flexibility index (Phi) is 1.68. The molecular formula is C6H6BrN3. The van der Waals surface area contributed by atoms with Crippen molar-refractivity contribution in [3.8, 4) is 6.07 Å². The van der Waals surface area contributed by atoms with Crippen molar-refractivity contribution in [1.29, 1.82) is 5.26 Å². The molecule has 0 amide bonds. The molecular weight excluding hydrogens is 194 g/mol.